The molecule has 7 heteroatoms. The van der Waals surface area contributed by atoms with Crippen molar-refractivity contribution < 1.29 is 19.1 Å². The van der Waals surface area contributed by atoms with Crippen molar-refractivity contribution in [3.05, 3.63) is 0 Å². The predicted octanol–water partition coefficient (Wildman–Crippen LogP) is -0.0250. The fraction of sp³-hybridized carbons (Fsp3) is 0.750. The average Bonchev–Trinajstić information content (AvgIpc) is 2.84. The lowest BCUT2D eigenvalue weighted by atomic mass is 10.2. The molecule has 1 N–H and O–H groups in total. The summed E-state index contributed by atoms with van der Waals surface area (Å²) in [7, 11) is 0. The molecule has 1 aliphatic heterocycles. The second kappa shape index (κ2) is 7.37. The molecule has 1 saturated heterocycles. The monoisotopic (exact) mass is 288 g/mol. The van der Waals surface area contributed by atoms with Gasteiger partial charge < -0.3 is 15.0 Å². The first-order valence-electron chi connectivity index (χ1n) is 6.36. The molecule has 1 aliphatic rings. The molecule has 0 bridgehead atoms. The number of ether oxygens (including phenoxy) is 1. The van der Waals surface area contributed by atoms with E-state index in [0.29, 0.717) is 19.6 Å². The van der Waals surface area contributed by atoms with E-state index in [-0.39, 0.29) is 23.5 Å². The molecule has 0 radical (unpaired) electrons. The normalized spacial score (nSPS) is 19.9. The number of hydrogen-bond donors (Lipinski definition) is 2. The van der Waals surface area contributed by atoms with Crippen LogP contribution in [-0.2, 0) is 19.1 Å². The van der Waals surface area contributed by atoms with Gasteiger partial charge in [0.15, 0.2) is 0 Å². The fourth-order valence-corrected chi connectivity index (χ4v) is 2.39. The largest absolute Gasteiger partial charge is 0.464 e. The summed E-state index contributed by atoms with van der Waals surface area (Å²) in [4.78, 5) is 36.6. The van der Waals surface area contributed by atoms with E-state index < -0.39 is 12.1 Å². The Morgan fingerprint density at radius 2 is 2.16 bits per heavy atom. The van der Waals surface area contributed by atoms with Crippen LogP contribution in [0.25, 0.3) is 0 Å². The molecule has 19 heavy (non-hydrogen) atoms. The van der Waals surface area contributed by atoms with Crippen LogP contribution in [0.3, 0.4) is 0 Å². The molecule has 1 heterocycles. The van der Waals surface area contributed by atoms with Crippen LogP contribution in [0.15, 0.2) is 0 Å². The van der Waals surface area contributed by atoms with Gasteiger partial charge in [-0.1, -0.05) is 0 Å². The summed E-state index contributed by atoms with van der Waals surface area (Å²) in [6.45, 7) is 3.87. The molecular formula is C12H20N2O4S. The quantitative estimate of drug-likeness (QED) is 0.550. The summed E-state index contributed by atoms with van der Waals surface area (Å²) >= 11 is 4.07. The Morgan fingerprint density at radius 3 is 2.68 bits per heavy atom. The van der Waals surface area contributed by atoms with Gasteiger partial charge in [0.2, 0.25) is 11.8 Å². The van der Waals surface area contributed by atoms with E-state index in [0.717, 1.165) is 6.42 Å². The molecule has 0 unspecified atom stereocenters. The highest BCUT2D eigenvalue weighted by molar-refractivity contribution is 7.80. The van der Waals surface area contributed by atoms with Crippen LogP contribution in [0.5, 0.6) is 0 Å². The molecule has 108 valence electrons. The Labute approximate surface area is 118 Å². The molecule has 0 aromatic heterocycles. The van der Waals surface area contributed by atoms with Gasteiger partial charge in [-0.25, -0.2) is 4.79 Å². The lowest BCUT2D eigenvalue weighted by Crippen LogP contribution is -2.52. The summed E-state index contributed by atoms with van der Waals surface area (Å²) in [5.41, 5.74) is 0. The molecule has 2 amide bonds. The predicted molar refractivity (Wildman–Crippen MR) is 72.8 cm³/mol. The first-order valence-corrected chi connectivity index (χ1v) is 6.99. The van der Waals surface area contributed by atoms with Crippen LogP contribution in [-0.4, -0.2) is 53.7 Å². The average molecular weight is 288 g/mol. The minimum absolute atomic E-state index is 0.199. The van der Waals surface area contributed by atoms with Crippen LogP contribution in [0.2, 0.25) is 0 Å². The molecular weight excluding hydrogens is 268 g/mol. The highest BCUT2D eigenvalue weighted by atomic mass is 32.1. The number of carbonyl (C=O) groups is 3. The van der Waals surface area contributed by atoms with Gasteiger partial charge in [0.05, 0.1) is 6.61 Å². The summed E-state index contributed by atoms with van der Waals surface area (Å²) in [5, 5.41) is 2.54. The molecule has 0 aromatic rings. The van der Waals surface area contributed by atoms with Gasteiger partial charge in [-0.2, -0.15) is 12.6 Å². The zero-order valence-electron chi connectivity index (χ0n) is 11.2. The summed E-state index contributed by atoms with van der Waals surface area (Å²) in [5.74, 6) is -0.751. The number of hydrogen-bond acceptors (Lipinski definition) is 5. The lowest BCUT2D eigenvalue weighted by molar-refractivity contribution is -0.153. The summed E-state index contributed by atoms with van der Waals surface area (Å²) in [6, 6.07) is -1.24. The zero-order chi connectivity index (χ0) is 14.4. The SMILES string of the molecule is CCOC(=O)[C@@H]1CCCN1C(=O)[C@H](CS)NC(C)=O. The van der Waals surface area contributed by atoms with Gasteiger partial charge in [0, 0.05) is 19.2 Å². The van der Waals surface area contributed by atoms with E-state index >= 15 is 0 Å². The summed E-state index contributed by atoms with van der Waals surface area (Å²) < 4.78 is 4.96. The van der Waals surface area contributed by atoms with Crippen molar-refractivity contribution >= 4 is 30.4 Å². The van der Waals surface area contributed by atoms with Gasteiger partial charge in [0.25, 0.3) is 0 Å². The summed E-state index contributed by atoms with van der Waals surface area (Å²) in [6.07, 6.45) is 1.36. The number of esters is 1. The lowest BCUT2D eigenvalue weighted by Gasteiger charge is -2.27. The maximum Gasteiger partial charge on any atom is 0.328 e. The van der Waals surface area contributed by atoms with Gasteiger partial charge in [-0.3, -0.25) is 9.59 Å². The van der Waals surface area contributed by atoms with Crippen molar-refractivity contribution in [1.82, 2.24) is 10.2 Å². The number of nitrogens with one attached hydrogen (secondary N) is 1. The van der Waals surface area contributed by atoms with E-state index in [2.05, 4.69) is 17.9 Å². The topological polar surface area (TPSA) is 75.7 Å². The number of amides is 2. The van der Waals surface area contributed by atoms with Gasteiger partial charge in [-0.15, -0.1) is 0 Å². The van der Waals surface area contributed by atoms with Gasteiger partial charge >= 0.3 is 5.97 Å². The van der Waals surface area contributed by atoms with Crippen molar-refractivity contribution in [2.75, 3.05) is 18.9 Å². The molecule has 0 aliphatic carbocycles. The standard InChI is InChI=1S/C12H20N2O4S/c1-3-18-12(17)10-5-4-6-14(10)11(16)9(7-19)13-8(2)15/h9-10,19H,3-7H2,1-2H3,(H,13,15)/t9-,10-/m0/s1. The highest BCUT2D eigenvalue weighted by Crippen LogP contribution is 2.19. The van der Waals surface area contributed by atoms with Crippen molar-refractivity contribution in [2.24, 2.45) is 0 Å². The van der Waals surface area contributed by atoms with E-state index in [4.69, 9.17) is 4.74 Å². The number of rotatable bonds is 5. The van der Waals surface area contributed by atoms with E-state index in [9.17, 15) is 14.4 Å². The Balaban J connectivity index is 2.73. The van der Waals surface area contributed by atoms with Crippen LogP contribution in [0.1, 0.15) is 26.7 Å². The Morgan fingerprint density at radius 1 is 1.47 bits per heavy atom. The third kappa shape index (κ3) is 4.12. The molecule has 0 spiro atoms. The van der Waals surface area contributed by atoms with Gasteiger partial charge in [0.1, 0.15) is 12.1 Å². The highest BCUT2D eigenvalue weighted by Gasteiger charge is 2.37. The van der Waals surface area contributed by atoms with Crippen molar-refractivity contribution in [3.63, 3.8) is 0 Å². The van der Waals surface area contributed by atoms with Crippen molar-refractivity contribution in [3.8, 4) is 0 Å². The number of thiol groups is 1. The Kier molecular flexibility index (Phi) is 6.14. The Hall–Kier alpha value is -1.24. The minimum Gasteiger partial charge on any atom is -0.464 e. The molecule has 0 aromatic carbocycles. The third-order valence-electron chi connectivity index (χ3n) is 2.95. The van der Waals surface area contributed by atoms with Crippen molar-refractivity contribution in [1.29, 1.82) is 0 Å². The van der Waals surface area contributed by atoms with Crippen LogP contribution in [0, 0.1) is 0 Å². The third-order valence-corrected chi connectivity index (χ3v) is 3.32. The molecule has 0 saturated carbocycles. The van der Waals surface area contributed by atoms with E-state index in [1.54, 1.807) is 6.92 Å². The van der Waals surface area contributed by atoms with Crippen LogP contribution in [0.4, 0.5) is 0 Å². The number of likely N-dealkylation sites (tertiary alicyclic amines) is 1. The fourth-order valence-electron chi connectivity index (χ4n) is 2.14. The Bertz CT molecular complexity index is 362. The first kappa shape index (κ1) is 15.8. The van der Waals surface area contributed by atoms with E-state index in [1.807, 2.05) is 0 Å². The van der Waals surface area contributed by atoms with E-state index in [1.165, 1.54) is 11.8 Å². The van der Waals surface area contributed by atoms with Crippen LogP contribution >= 0.6 is 12.6 Å². The first-order chi connectivity index (χ1) is 9.01. The zero-order valence-corrected chi connectivity index (χ0v) is 12.1. The maximum absolute atomic E-state index is 12.3. The van der Waals surface area contributed by atoms with Crippen molar-refractivity contribution in [2.45, 2.75) is 38.8 Å². The molecule has 2 atom stereocenters. The number of carbonyl (C=O) groups excluding carboxylic acids is 3. The smallest absolute Gasteiger partial charge is 0.328 e. The second-order valence-electron chi connectivity index (χ2n) is 4.38. The molecule has 1 fully saturated rings. The molecule has 6 nitrogen and oxygen atoms in total. The molecule has 1 rings (SSSR count). The second-order valence-corrected chi connectivity index (χ2v) is 4.74. The minimum atomic E-state index is -0.698. The number of nitrogens with zero attached hydrogens (tertiary/aromatic N) is 1. The maximum atomic E-state index is 12.3. The van der Waals surface area contributed by atoms with Crippen LogP contribution < -0.4 is 5.32 Å². The van der Waals surface area contributed by atoms with Gasteiger partial charge in [-0.05, 0) is 19.8 Å².